The first-order valence-electron chi connectivity index (χ1n) is 3.97. The maximum atomic E-state index is 8.31. The van der Waals surface area contributed by atoms with Crippen LogP contribution >= 0.6 is 15.9 Å². The molecule has 13 heavy (non-hydrogen) atoms. The first-order chi connectivity index (χ1) is 6.24. The van der Waals surface area contributed by atoms with E-state index < -0.39 is 0 Å². The monoisotopic (exact) mass is 243 g/mol. The highest BCUT2D eigenvalue weighted by Crippen LogP contribution is 2.09. The summed E-state index contributed by atoms with van der Waals surface area (Å²) in [6, 6.07) is 2.09. The van der Waals surface area contributed by atoms with Crippen molar-refractivity contribution in [2.45, 2.75) is 25.8 Å². The predicted octanol–water partition coefficient (Wildman–Crippen LogP) is 1.32. The zero-order valence-electron chi connectivity index (χ0n) is 7.07. The number of nitrogens with zero attached hydrogens (tertiary/aromatic N) is 4. The summed E-state index contributed by atoms with van der Waals surface area (Å²) in [6.45, 7) is 0.743. The zero-order chi connectivity index (χ0) is 9.68. The van der Waals surface area contributed by atoms with Gasteiger partial charge in [0.15, 0.2) is 4.73 Å². The third-order valence-corrected chi connectivity index (χ3v) is 2.14. The Balaban J connectivity index is 2.37. The Labute approximate surface area is 84.7 Å². The van der Waals surface area contributed by atoms with Crippen molar-refractivity contribution in [2.24, 2.45) is 0 Å². The van der Waals surface area contributed by atoms with Crippen LogP contribution in [-0.2, 0) is 6.54 Å². The van der Waals surface area contributed by atoms with Crippen LogP contribution in [0.5, 0.6) is 0 Å². The van der Waals surface area contributed by atoms with Crippen molar-refractivity contribution in [3.05, 3.63) is 4.73 Å². The van der Waals surface area contributed by atoms with Gasteiger partial charge in [-0.1, -0.05) is 0 Å². The lowest BCUT2D eigenvalue weighted by Gasteiger charge is -1.98. The maximum Gasteiger partial charge on any atom is 0.240 e. The molecule has 0 fully saturated rings. The Morgan fingerprint density at radius 3 is 2.85 bits per heavy atom. The van der Waals surface area contributed by atoms with Gasteiger partial charge in [0.25, 0.3) is 0 Å². The summed E-state index contributed by atoms with van der Waals surface area (Å²) in [5.41, 5.74) is 5.38. The van der Waals surface area contributed by atoms with Crippen LogP contribution in [0.1, 0.15) is 19.3 Å². The molecule has 0 saturated heterocycles. The molecular formula is C7H10BrN5. The Morgan fingerprint density at radius 1 is 1.54 bits per heavy atom. The van der Waals surface area contributed by atoms with Gasteiger partial charge in [0.05, 0.1) is 6.07 Å². The summed E-state index contributed by atoms with van der Waals surface area (Å²) in [5.74, 6) is 0.271. The van der Waals surface area contributed by atoms with E-state index in [0.29, 0.717) is 11.2 Å². The third kappa shape index (κ3) is 3.03. The molecular weight excluding hydrogens is 234 g/mol. The van der Waals surface area contributed by atoms with Crippen molar-refractivity contribution in [2.75, 3.05) is 5.73 Å². The Morgan fingerprint density at radius 2 is 2.31 bits per heavy atom. The molecule has 1 aromatic rings. The molecule has 0 unspecified atom stereocenters. The molecule has 0 bridgehead atoms. The van der Waals surface area contributed by atoms with E-state index in [0.717, 1.165) is 19.4 Å². The molecule has 0 atom stereocenters. The van der Waals surface area contributed by atoms with Gasteiger partial charge in [-0.05, 0) is 28.8 Å². The van der Waals surface area contributed by atoms with E-state index in [9.17, 15) is 0 Å². The third-order valence-electron chi connectivity index (χ3n) is 1.55. The molecule has 0 aliphatic carbocycles. The lowest BCUT2D eigenvalue weighted by Crippen LogP contribution is -2.01. The molecule has 0 radical (unpaired) electrons. The van der Waals surface area contributed by atoms with Crippen LogP contribution in [0.4, 0.5) is 5.95 Å². The fourth-order valence-electron chi connectivity index (χ4n) is 0.947. The van der Waals surface area contributed by atoms with Crippen molar-refractivity contribution in [1.82, 2.24) is 14.8 Å². The quantitative estimate of drug-likeness (QED) is 0.810. The van der Waals surface area contributed by atoms with Crippen LogP contribution in [0.15, 0.2) is 4.73 Å². The van der Waals surface area contributed by atoms with Crippen molar-refractivity contribution in [1.29, 1.82) is 5.26 Å². The number of anilines is 1. The minimum absolute atomic E-state index is 0.271. The fraction of sp³-hybridized carbons (Fsp3) is 0.571. The number of unbranched alkanes of at least 4 members (excludes halogenated alkanes) is 2. The standard InChI is InChI=1S/C7H10BrN5/c8-6-11-7(10)12-13(6)5-3-1-2-4-9/h1-3,5H2,(H2,10,12). The molecule has 1 heterocycles. The Kier molecular flexibility index (Phi) is 3.71. The molecule has 1 aromatic heterocycles. The van der Waals surface area contributed by atoms with Gasteiger partial charge in [-0.25, -0.2) is 4.68 Å². The molecule has 70 valence electrons. The second-order valence-electron chi connectivity index (χ2n) is 2.58. The minimum Gasteiger partial charge on any atom is -0.366 e. The second kappa shape index (κ2) is 4.82. The maximum absolute atomic E-state index is 8.31. The lowest BCUT2D eigenvalue weighted by molar-refractivity contribution is 0.552. The number of nitrogens with two attached hydrogens (primary N) is 1. The molecule has 0 saturated carbocycles. The smallest absolute Gasteiger partial charge is 0.240 e. The van der Waals surface area contributed by atoms with Crippen molar-refractivity contribution < 1.29 is 0 Å². The van der Waals surface area contributed by atoms with E-state index in [4.69, 9.17) is 11.0 Å². The number of hydrogen-bond donors (Lipinski definition) is 1. The van der Waals surface area contributed by atoms with Gasteiger partial charge in [-0.3, -0.25) is 0 Å². The van der Waals surface area contributed by atoms with Crippen molar-refractivity contribution in [3.63, 3.8) is 0 Å². The van der Waals surface area contributed by atoms with E-state index in [2.05, 4.69) is 32.1 Å². The van der Waals surface area contributed by atoms with Crippen molar-refractivity contribution in [3.8, 4) is 6.07 Å². The highest BCUT2D eigenvalue weighted by atomic mass is 79.9. The molecule has 0 amide bonds. The van der Waals surface area contributed by atoms with Gasteiger partial charge in [-0.15, -0.1) is 5.10 Å². The van der Waals surface area contributed by atoms with E-state index in [1.54, 1.807) is 4.68 Å². The number of hydrogen-bond acceptors (Lipinski definition) is 4. The first kappa shape index (κ1) is 9.99. The van der Waals surface area contributed by atoms with Crippen LogP contribution in [0.25, 0.3) is 0 Å². The molecule has 2 N–H and O–H groups in total. The summed E-state index contributed by atoms with van der Waals surface area (Å²) in [4.78, 5) is 3.89. The first-order valence-corrected chi connectivity index (χ1v) is 4.76. The fourth-order valence-corrected chi connectivity index (χ4v) is 1.39. The largest absolute Gasteiger partial charge is 0.366 e. The average Bonchev–Trinajstić information content (AvgIpc) is 2.39. The highest BCUT2D eigenvalue weighted by Gasteiger charge is 2.02. The molecule has 6 heteroatoms. The summed E-state index contributed by atoms with van der Waals surface area (Å²) >= 11 is 3.23. The van der Waals surface area contributed by atoms with Gasteiger partial charge in [0.1, 0.15) is 0 Å². The average molecular weight is 244 g/mol. The number of nitriles is 1. The summed E-state index contributed by atoms with van der Waals surface area (Å²) in [6.07, 6.45) is 2.37. The van der Waals surface area contributed by atoms with Gasteiger partial charge >= 0.3 is 0 Å². The van der Waals surface area contributed by atoms with Gasteiger partial charge < -0.3 is 5.73 Å². The van der Waals surface area contributed by atoms with E-state index >= 15 is 0 Å². The van der Waals surface area contributed by atoms with Crippen LogP contribution < -0.4 is 5.73 Å². The van der Waals surface area contributed by atoms with Gasteiger partial charge in [0, 0.05) is 13.0 Å². The molecule has 0 aliphatic rings. The van der Waals surface area contributed by atoms with E-state index in [1.165, 1.54) is 0 Å². The zero-order valence-corrected chi connectivity index (χ0v) is 8.66. The molecule has 0 spiro atoms. The number of aromatic nitrogens is 3. The van der Waals surface area contributed by atoms with Crippen LogP contribution in [0.3, 0.4) is 0 Å². The molecule has 5 nitrogen and oxygen atoms in total. The lowest BCUT2D eigenvalue weighted by atomic mass is 10.2. The topological polar surface area (TPSA) is 80.5 Å². The van der Waals surface area contributed by atoms with E-state index in [1.807, 2.05) is 0 Å². The number of nitrogen functional groups attached to an aromatic ring is 1. The Bertz CT molecular complexity index is 313. The summed E-state index contributed by atoms with van der Waals surface area (Å²) < 4.78 is 2.33. The second-order valence-corrected chi connectivity index (χ2v) is 3.29. The number of halogens is 1. The van der Waals surface area contributed by atoms with Crippen molar-refractivity contribution >= 4 is 21.9 Å². The van der Waals surface area contributed by atoms with Crippen LogP contribution in [-0.4, -0.2) is 14.8 Å². The summed E-state index contributed by atoms with van der Waals surface area (Å²) in [7, 11) is 0. The van der Waals surface area contributed by atoms with Crippen LogP contribution in [0.2, 0.25) is 0 Å². The molecule has 0 aliphatic heterocycles. The number of aryl methyl sites for hydroxylation is 1. The highest BCUT2D eigenvalue weighted by molar-refractivity contribution is 9.10. The predicted molar refractivity (Wildman–Crippen MR) is 51.6 cm³/mol. The van der Waals surface area contributed by atoms with Crippen LogP contribution in [0, 0.1) is 11.3 Å². The van der Waals surface area contributed by atoms with E-state index in [-0.39, 0.29) is 5.95 Å². The molecule has 0 aromatic carbocycles. The SMILES string of the molecule is N#CCCCCn1nc(N)nc1Br. The van der Waals surface area contributed by atoms with Gasteiger partial charge in [-0.2, -0.15) is 10.2 Å². The number of rotatable bonds is 4. The summed E-state index contributed by atoms with van der Waals surface area (Å²) in [5, 5.41) is 12.3. The molecule has 1 rings (SSSR count). The Hall–Kier alpha value is -1.09. The normalized spacial score (nSPS) is 9.85. The minimum atomic E-state index is 0.271. The van der Waals surface area contributed by atoms with Gasteiger partial charge in [0.2, 0.25) is 5.95 Å².